The van der Waals surface area contributed by atoms with Crippen molar-refractivity contribution in [2.24, 2.45) is 0 Å². The average Bonchev–Trinajstić information content (AvgIpc) is 2.81. The fourth-order valence-corrected chi connectivity index (χ4v) is 1.82. The van der Waals surface area contributed by atoms with Crippen LogP contribution in [0.2, 0.25) is 0 Å². The van der Waals surface area contributed by atoms with Gasteiger partial charge in [-0.05, 0) is 6.07 Å². The van der Waals surface area contributed by atoms with Gasteiger partial charge in [0.1, 0.15) is 12.1 Å². The number of nitrogens with two attached hydrogens (primary N) is 1. The number of anilines is 1. The lowest BCUT2D eigenvalue weighted by molar-refractivity contribution is 0.157. The number of hydrogen-bond donors (Lipinski definition) is 2. The summed E-state index contributed by atoms with van der Waals surface area (Å²) < 4.78 is 1.44. The summed E-state index contributed by atoms with van der Waals surface area (Å²) >= 11 is 0. The molecular formula is C13H11N5O. The van der Waals surface area contributed by atoms with Crippen LogP contribution in [0.3, 0.4) is 0 Å². The van der Waals surface area contributed by atoms with Crippen molar-refractivity contribution in [3.8, 4) is 12.1 Å². The zero-order valence-corrected chi connectivity index (χ0v) is 9.98. The normalized spacial score (nSPS) is 11.5. The van der Waals surface area contributed by atoms with E-state index in [4.69, 9.17) is 16.3 Å². The number of nitriles is 2. The van der Waals surface area contributed by atoms with Gasteiger partial charge in [0, 0.05) is 11.3 Å². The largest absolute Gasteiger partial charge is 0.398 e. The molecular weight excluding hydrogens is 242 g/mol. The highest BCUT2D eigenvalue weighted by Gasteiger charge is 2.16. The number of aliphatic hydroxyl groups excluding tert-OH is 1. The molecule has 0 spiro atoms. The van der Waals surface area contributed by atoms with Crippen molar-refractivity contribution in [3.63, 3.8) is 0 Å². The predicted octanol–water partition coefficient (Wildman–Crippen LogP) is 0.942. The lowest BCUT2D eigenvalue weighted by atomic mass is 10.1. The third-order valence-electron chi connectivity index (χ3n) is 2.77. The molecule has 0 aliphatic heterocycles. The molecule has 3 N–H and O–H groups in total. The molecule has 0 aliphatic rings. The molecule has 1 aromatic heterocycles. The molecule has 94 valence electrons. The number of aliphatic hydroxyl groups is 1. The van der Waals surface area contributed by atoms with Gasteiger partial charge in [0.05, 0.1) is 19.0 Å². The first-order valence-electron chi connectivity index (χ1n) is 5.55. The molecule has 0 amide bonds. The number of para-hydroxylation sites is 1. The van der Waals surface area contributed by atoms with E-state index in [0.717, 1.165) is 0 Å². The van der Waals surface area contributed by atoms with Crippen molar-refractivity contribution in [1.29, 1.82) is 10.5 Å². The van der Waals surface area contributed by atoms with Crippen LogP contribution in [-0.4, -0.2) is 14.7 Å². The fourth-order valence-electron chi connectivity index (χ4n) is 1.82. The van der Waals surface area contributed by atoms with Crippen LogP contribution in [0, 0.1) is 22.7 Å². The maximum atomic E-state index is 10.1. The number of rotatable bonds is 3. The summed E-state index contributed by atoms with van der Waals surface area (Å²) in [5.41, 5.74) is 7.02. The van der Waals surface area contributed by atoms with Crippen LogP contribution in [0.4, 0.5) is 5.69 Å². The summed E-state index contributed by atoms with van der Waals surface area (Å²) in [6, 6.07) is 10.7. The van der Waals surface area contributed by atoms with Gasteiger partial charge in [-0.1, -0.05) is 18.2 Å². The SMILES string of the molecule is N#Cc1ncn(CC(O)c2ccccc2N)c1C#N. The number of nitrogen functional groups attached to an aromatic ring is 1. The van der Waals surface area contributed by atoms with Crippen LogP contribution in [0.15, 0.2) is 30.6 Å². The summed E-state index contributed by atoms with van der Waals surface area (Å²) in [7, 11) is 0. The molecule has 6 heteroatoms. The Labute approximate surface area is 110 Å². The van der Waals surface area contributed by atoms with Crippen molar-refractivity contribution in [2.45, 2.75) is 12.6 Å². The minimum atomic E-state index is -0.867. The Morgan fingerprint density at radius 1 is 1.32 bits per heavy atom. The average molecular weight is 253 g/mol. The van der Waals surface area contributed by atoms with Crippen LogP contribution < -0.4 is 5.73 Å². The Morgan fingerprint density at radius 3 is 2.68 bits per heavy atom. The lowest BCUT2D eigenvalue weighted by Gasteiger charge is -2.14. The highest BCUT2D eigenvalue weighted by molar-refractivity contribution is 5.47. The Hall–Kier alpha value is -2.83. The zero-order valence-electron chi connectivity index (χ0n) is 9.98. The lowest BCUT2D eigenvalue weighted by Crippen LogP contribution is -2.11. The standard InChI is InChI=1S/C13H11N5O/c14-5-11-12(6-15)18(8-17-11)7-13(19)9-3-1-2-4-10(9)16/h1-4,8,13,19H,7,16H2. The molecule has 2 rings (SSSR count). The number of imidazole rings is 1. The first-order valence-corrected chi connectivity index (χ1v) is 5.55. The van der Waals surface area contributed by atoms with Gasteiger partial charge in [-0.2, -0.15) is 10.5 Å². The van der Waals surface area contributed by atoms with Crippen LogP contribution in [0.25, 0.3) is 0 Å². The van der Waals surface area contributed by atoms with E-state index in [-0.39, 0.29) is 17.9 Å². The molecule has 0 radical (unpaired) electrons. The number of aromatic nitrogens is 2. The van der Waals surface area contributed by atoms with Crippen LogP contribution in [0.1, 0.15) is 23.1 Å². The Bertz CT molecular complexity index is 677. The molecule has 1 aromatic carbocycles. The Balaban J connectivity index is 2.28. The van der Waals surface area contributed by atoms with E-state index in [2.05, 4.69) is 4.98 Å². The van der Waals surface area contributed by atoms with E-state index < -0.39 is 6.10 Å². The number of hydrogen-bond acceptors (Lipinski definition) is 5. The van der Waals surface area contributed by atoms with Crippen molar-refractivity contribution in [3.05, 3.63) is 47.5 Å². The monoisotopic (exact) mass is 253 g/mol. The molecule has 0 saturated heterocycles. The highest BCUT2D eigenvalue weighted by Crippen LogP contribution is 2.22. The topological polar surface area (TPSA) is 112 Å². The zero-order chi connectivity index (χ0) is 13.8. The summed E-state index contributed by atoms with van der Waals surface area (Å²) in [6.45, 7) is 0.117. The molecule has 1 heterocycles. The van der Waals surface area contributed by atoms with E-state index in [1.165, 1.54) is 10.9 Å². The van der Waals surface area contributed by atoms with E-state index in [0.29, 0.717) is 11.3 Å². The van der Waals surface area contributed by atoms with E-state index in [1.807, 2.05) is 12.1 Å². The second kappa shape index (κ2) is 5.21. The van der Waals surface area contributed by atoms with E-state index in [1.54, 1.807) is 24.3 Å². The van der Waals surface area contributed by atoms with Gasteiger partial charge in [0.15, 0.2) is 11.4 Å². The van der Waals surface area contributed by atoms with E-state index in [9.17, 15) is 5.11 Å². The molecule has 1 atom stereocenters. The predicted molar refractivity (Wildman–Crippen MR) is 67.5 cm³/mol. The number of benzene rings is 1. The van der Waals surface area contributed by atoms with Crippen LogP contribution in [-0.2, 0) is 6.54 Å². The molecule has 19 heavy (non-hydrogen) atoms. The van der Waals surface area contributed by atoms with Crippen molar-refractivity contribution in [2.75, 3.05) is 5.73 Å². The van der Waals surface area contributed by atoms with Gasteiger partial charge < -0.3 is 15.4 Å². The summed E-state index contributed by atoms with van der Waals surface area (Å²) in [4.78, 5) is 3.81. The summed E-state index contributed by atoms with van der Waals surface area (Å²) in [5, 5.41) is 27.9. The van der Waals surface area contributed by atoms with Gasteiger partial charge in [-0.25, -0.2) is 4.98 Å². The Kier molecular flexibility index (Phi) is 3.46. The van der Waals surface area contributed by atoms with E-state index >= 15 is 0 Å². The van der Waals surface area contributed by atoms with Gasteiger partial charge in [0.25, 0.3) is 0 Å². The number of nitrogens with zero attached hydrogens (tertiary/aromatic N) is 4. The second-order valence-corrected chi connectivity index (χ2v) is 3.96. The van der Waals surface area contributed by atoms with Crippen molar-refractivity contribution < 1.29 is 5.11 Å². The first-order chi connectivity index (χ1) is 9.17. The Morgan fingerprint density at radius 2 is 2.05 bits per heavy atom. The molecule has 1 unspecified atom stereocenters. The third kappa shape index (κ3) is 2.39. The first kappa shape index (κ1) is 12.6. The maximum Gasteiger partial charge on any atom is 0.176 e. The summed E-state index contributed by atoms with van der Waals surface area (Å²) in [6.07, 6.45) is 0.494. The molecule has 0 aliphatic carbocycles. The molecule has 0 fully saturated rings. The minimum Gasteiger partial charge on any atom is -0.398 e. The minimum absolute atomic E-state index is 0.0516. The second-order valence-electron chi connectivity index (χ2n) is 3.96. The van der Waals surface area contributed by atoms with Crippen molar-refractivity contribution >= 4 is 5.69 Å². The molecule has 0 saturated carbocycles. The molecule has 0 bridgehead atoms. The summed E-state index contributed by atoms with van der Waals surface area (Å²) in [5.74, 6) is 0. The van der Waals surface area contributed by atoms with Gasteiger partial charge in [-0.15, -0.1) is 0 Å². The maximum absolute atomic E-state index is 10.1. The van der Waals surface area contributed by atoms with Gasteiger partial charge in [-0.3, -0.25) is 0 Å². The van der Waals surface area contributed by atoms with Gasteiger partial charge in [0.2, 0.25) is 0 Å². The van der Waals surface area contributed by atoms with Crippen LogP contribution in [0.5, 0.6) is 0 Å². The van der Waals surface area contributed by atoms with Crippen LogP contribution >= 0.6 is 0 Å². The van der Waals surface area contributed by atoms with Crippen molar-refractivity contribution in [1.82, 2.24) is 9.55 Å². The third-order valence-corrected chi connectivity index (χ3v) is 2.77. The fraction of sp³-hybridized carbons (Fsp3) is 0.154. The quantitative estimate of drug-likeness (QED) is 0.790. The molecule has 6 nitrogen and oxygen atoms in total. The van der Waals surface area contributed by atoms with Gasteiger partial charge >= 0.3 is 0 Å². The highest BCUT2D eigenvalue weighted by atomic mass is 16.3. The smallest absolute Gasteiger partial charge is 0.176 e. The molecule has 2 aromatic rings.